The molecule has 1 saturated carbocycles. The van der Waals surface area contributed by atoms with E-state index in [4.69, 9.17) is 26.2 Å². The van der Waals surface area contributed by atoms with Crippen LogP contribution in [0.1, 0.15) is 44.1 Å². The van der Waals surface area contributed by atoms with Crippen LogP contribution in [0.25, 0.3) is 0 Å². The van der Waals surface area contributed by atoms with Crippen molar-refractivity contribution in [2.75, 3.05) is 6.61 Å². The minimum absolute atomic E-state index is 0.0258. The number of rotatable bonds is 6. The molecule has 1 saturated heterocycles. The second kappa shape index (κ2) is 7.90. The summed E-state index contributed by atoms with van der Waals surface area (Å²) in [7, 11) is -3.95. The molecule has 1 heterocycles. The van der Waals surface area contributed by atoms with Gasteiger partial charge >= 0.3 is 10.3 Å². The third-order valence-electron chi connectivity index (χ3n) is 4.79. The SMILES string of the molecule is NS(=O)(=O)OCCC1OC2(CCCCC2)O[C@@H]1Cc1ccccc1Cl. The summed E-state index contributed by atoms with van der Waals surface area (Å²) in [6, 6.07) is 7.64. The van der Waals surface area contributed by atoms with Crippen LogP contribution in [0, 0.1) is 0 Å². The van der Waals surface area contributed by atoms with Crippen LogP contribution in [0.3, 0.4) is 0 Å². The van der Waals surface area contributed by atoms with Crippen LogP contribution in [-0.2, 0) is 30.4 Å². The van der Waals surface area contributed by atoms with Crippen molar-refractivity contribution in [2.45, 2.75) is 62.9 Å². The number of hydrogen-bond acceptors (Lipinski definition) is 5. The van der Waals surface area contributed by atoms with Crippen molar-refractivity contribution in [3.8, 4) is 0 Å². The van der Waals surface area contributed by atoms with E-state index >= 15 is 0 Å². The van der Waals surface area contributed by atoms with E-state index in [1.165, 1.54) is 6.42 Å². The molecule has 0 bridgehead atoms. The summed E-state index contributed by atoms with van der Waals surface area (Å²) in [5, 5.41) is 5.59. The van der Waals surface area contributed by atoms with Gasteiger partial charge in [0, 0.05) is 30.7 Å². The first-order valence-corrected chi connectivity index (χ1v) is 10.5. The summed E-state index contributed by atoms with van der Waals surface area (Å²) in [5.74, 6) is -0.559. The van der Waals surface area contributed by atoms with Gasteiger partial charge in [-0.05, 0) is 24.5 Å². The molecule has 2 aliphatic rings. The molecule has 1 aliphatic carbocycles. The van der Waals surface area contributed by atoms with E-state index in [1.54, 1.807) is 0 Å². The van der Waals surface area contributed by atoms with E-state index in [-0.39, 0.29) is 18.8 Å². The molecular formula is C17H24ClNO5S. The van der Waals surface area contributed by atoms with Crippen molar-refractivity contribution in [1.29, 1.82) is 0 Å². The molecule has 1 unspecified atom stereocenters. The minimum atomic E-state index is -3.95. The van der Waals surface area contributed by atoms with Crippen molar-refractivity contribution in [2.24, 2.45) is 5.14 Å². The topological polar surface area (TPSA) is 87.9 Å². The molecule has 6 nitrogen and oxygen atoms in total. The van der Waals surface area contributed by atoms with Crippen molar-refractivity contribution < 1.29 is 22.1 Å². The maximum atomic E-state index is 11.0. The quantitative estimate of drug-likeness (QED) is 0.808. The zero-order chi connectivity index (χ0) is 17.9. The van der Waals surface area contributed by atoms with Crippen LogP contribution in [0.2, 0.25) is 5.02 Å². The van der Waals surface area contributed by atoms with Crippen molar-refractivity contribution in [3.63, 3.8) is 0 Å². The maximum absolute atomic E-state index is 11.0. The standard InChI is InChI=1S/C17H24ClNO5S/c18-14-7-3-2-6-13(14)12-16-15(8-11-22-25(19,20)21)23-17(24-16)9-4-1-5-10-17/h2-3,6-7,15-16H,1,4-5,8-12H2,(H2,19,20,21)/t15?,16-/m1/s1. The smallest absolute Gasteiger partial charge is 0.333 e. The van der Waals surface area contributed by atoms with Crippen LogP contribution >= 0.6 is 11.6 Å². The van der Waals surface area contributed by atoms with Gasteiger partial charge in [0.05, 0.1) is 18.8 Å². The van der Waals surface area contributed by atoms with E-state index in [0.717, 1.165) is 31.2 Å². The van der Waals surface area contributed by atoms with Gasteiger partial charge in [0.2, 0.25) is 0 Å². The van der Waals surface area contributed by atoms with Gasteiger partial charge in [-0.15, -0.1) is 0 Å². The normalized spacial score (nSPS) is 26.2. The Kier molecular flexibility index (Phi) is 6.03. The van der Waals surface area contributed by atoms with Crippen LogP contribution in [0.4, 0.5) is 0 Å². The molecule has 0 aromatic heterocycles. The van der Waals surface area contributed by atoms with Crippen LogP contribution in [-0.4, -0.2) is 33.0 Å². The Labute approximate surface area is 153 Å². The minimum Gasteiger partial charge on any atom is -0.344 e. The van der Waals surface area contributed by atoms with Gasteiger partial charge in [-0.1, -0.05) is 36.2 Å². The lowest BCUT2D eigenvalue weighted by atomic mass is 9.94. The summed E-state index contributed by atoms with van der Waals surface area (Å²) in [6.07, 6.45) is 5.60. The Balaban J connectivity index is 1.70. The summed E-state index contributed by atoms with van der Waals surface area (Å²) >= 11 is 6.27. The van der Waals surface area contributed by atoms with Gasteiger partial charge in [0.25, 0.3) is 0 Å². The molecule has 1 aliphatic heterocycles. The fourth-order valence-electron chi connectivity index (χ4n) is 3.64. The highest BCUT2D eigenvalue weighted by Gasteiger charge is 2.47. The molecule has 25 heavy (non-hydrogen) atoms. The molecule has 2 N–H and O–H groups in total. The third-order valence-corrected chi connectivity index (χ3v) is 5.66. The molecule has 2 atom stereocenters. The molecular weight excluding hydrogens is 366 g/mol. The summed E-state index contributed by atoms with van der Waals surface area (Å²) < 4.78 is 39.2. The highest BCUT2D eigenvalue weighted by atomic mass is 35.5. The number of nitrogens with two attached hydrogens (primary N) is 1. The summed E-state index contributed by atoms with van der Waals surface area (Å²) in [6.45, 7) is -0.0258. The molecule has 0 radical (unpaired) electrons. The summed E-state index contributed by atoms with van der Waals surface area (Å²) in [5.41, 5.74) is 0.989. The first kappa shape index (κ1) is 19.1. The third kappa shape index (κ3) is 5.15. The Bertz CT molecular complexity index is 690. The van der Waals surface area contributed by atoms with E-state index in [0.29, 0.717) is 17.9 Å². The number of benzene rings is 1. The Hall–Kier alpha value is -0.700. The average molecular weight is 390 g/mol. The van der Waals surface area contributed by atoms with E-state index in [9.17, 15) is 8.42 Å². The Morgan fingerprint density at radius 3 is 2.52 bits per heavy atom. The van der Waals surface area contributed by atoms with Gasteiger partial charge in [0.15, 0.2) is 5.79 Å². The number of hydrogen-bond donors (Lipinski definition) is 1. The second-order valence-electron chi connectivity index (χ2n) is 6.68. The monoisotopic (exact) mass is 389 g/mol. The zero-order valence-electron chi connectivity index (χ0n) is 14.0. The van der Waals surface area contributed by atoms with Gasteiger partial charge in [0.1, 0.15) is 0 Å². The maximum Gasteiger partial charge on any atom is 0.333 e. The molecule has 140 valence electrons. The number of halogens is 1. The van der Waals surface area contributed by atoms with Crippen LogP contribution in [0.5, 0.6) is 0 Å². The largest absolute Gasteiger partial charge is 0.344 e. The van der Waals surface area contributed by atoms with Crippen molar-refractivity contribution >= 4 is 21.9 Å². The fraction of sp³-hybridized carbons (Fsp3) is 0.647. The second-order valence-corrected chi connectivity index (χ2v) is 8.31. The van der Waals surface area contributed by atoms with E-state index in [2.05, 4.69) is 4.18 Å². The van der Waals surface area contributed by atoms with Crippen LogP contribution in [0.15, 0.2) is 24.3 Å². The van der Waals surface area contributed by atoms with E-state index in [1.807, 2.05) is 24.3 Å². The highest BCUT2D eigenvalue weighted by Crippen LogP contribution is 2.42. The zero-order valence-corrected chi connectivity index (χ0v) is 15.6. The first-order chi connectivity index (χ1) is 11.9. The molecule has 0 amide bonds. The fourth-order valence-corrected chi connectivity index (χ4v) is 4.18. The Morgan fingerprint density at radius 1 is 1.16 bits per heavy atom. The first-order valence-electron chi connectivity index (χ1n) is 8.63. The van der Waals surface area contributed by atoms with Crippen molar-refractivity contribution in [1.82, 2.24) is 0 Å². The molecule has 8 heteroatoms. The van der Waals surface area contributed by atoms with Gasteiger partial charge in [-0.3, -0.25) is 4.18 Å². The lowest BCUT2D eigenvalue weighted by Gasteiger charge is -2.32. The lowest BCUT2D eigenvalue weighted by Crippen LogP contribution is -2.33. The molecule has 3 rings (SSSR count). The van der Waals surface area contributed by atoms with Crippen molar-refractivity contribution in [3.05, 3.63) is 34.9 Å². The van der Waals surface area contributed by atoms with Crippen LogP contribution < -0.4 is 5.14 Å². The molecule has 1 aromatic rings. The van der Waals surface area contributed by atoms with Gasteiger partial charge in [-0.25, -0.2) is 5.14 Å². The van der Waals surface area contributed by atoms with Gasteiger partial charge < -0.3 is 9.47 Å². The predicted molar refractivity (Wildman–Crippen MR) is 94.4 cm³/mol. The molecule has 2 fully saturated rings. The highest BCUT2D eigenvalue weighted by molar-refractivity contribution is 7.84. The number of ether oxygens (including phenoxy) is 2. The lowest BCUT2D eigenvalue weighted by molar-refractivity contribution is -0.194. The predicted octanol–water partition coefficient (Wildman–Crippen LogP) is 2.94. The summed E-state index contributed by atoms with van der Waals surface area (Å²) in [4.78, 5) is 0. The molecule has 1 spiro atoms. The van der Waals surface area contributed by atoms with E-state index < -0.39 is 16.1 Å². The van der Waals surface area contributed by atoms with Gasteiger partial charge in [-0.2, -0.15) is 8.42 Å². The average Bonchev–Trinajstić information content (AvgIpc) is 2.86. The Morgan fingerprint density at radius 2 is 1.84 bits per heavy atom. The molecule has 1 aromatic carbocycles.